The van der Waals surface area contributed by atoms with Crippen molar-refractivity contribution in [2.24, 2.45) is 10.7 Å². The molecule has 1 saturated carbocycles. The number of thiophene rings is 1. The van der Waals surface area contributed by atoms with Crippen molar-refractivity contribution in [1.82, 2.24) is 9.62 Å². The molecular weight excluding hydrogens is 435 g/mol. The minimum Gasteiger partial charge on any atom is -0.370 e. The van der Waals surface area contributed by atoms with Gasteiger partial charge in [0, 0.05) is 29.4 Å². The molecule has 1 aromatic heterocycles. The first-order valence-corrected chi connectivity index (χ1v) is 9.20. The van der Waals surface area contributed by atoms with Crippen LogP contribution in [0.4, 0.5) is 0 Å². The number of nitrogens with zero attached hydrogens (tertiary/aromatic N) is 2. The second-order valence-corrected chi connectivity index (χ2v) is 8.45. The highest BCUT2D eigenvalue weighted by Crippen LogP contribution is 2.25. The van der Waals surface area contributed by atoms with Crippen molar-refractivity contribution in [2.45, 2.75) is 37.6 Å². The van der Waals surface area contributed by atoms with E-state index in [1.807, 2.05) is 25.8 Å². The van der Waals surface area contributed by atoms with Crippen LogP contribution in [0.15, 0.2) is 16.0 Å². The average Bonchev–Trinajstić information content (AvgIpc) is 3.19. The van der Waals surface area contributed by atoms with Gasteiger partial charge in [-0.3, -0.25) is 4.99 Å². The Kier molecular flexibility index (Phi) is 7.09. The predicted octanol–water partition coefficient (Wildman–Crippen LogP) is 1.67. The molecule has 3 N–H and O–H groups in total. The summed E-state index contributed by atoms with van der Waals surface area (Å²) < 4.78 is 26.9. The normalized spacial score (nSPS) is 15.5. The summed E-state index contributed by atoms with van der Waals surface area (Å²) in [6.45, 7) is 4.29. The Hall–Kier alpha value is -0.390. The third-order valence-electron chi connectivity index (χ3n) is 3.42. The molecular formula is C13H23IN4O2S2. The smallest absolute Gasteiger partial charge is 0.241 e. The summed E-state index contributed by atoms with van der Waals surface area (Å²) in [6, 6.07) is 2.20. The molecule has 0 amide bonds. The highest BCUT2D eigenvalue weighted by molar-refractivity contribution is 14.0. The Morgan fingerprint density at radius 3 is 2.64 bits per heavy atom. The molecule has 1 aliphatic rings. The zero-order chi connectivity index (χ0) is 15.6. The molecule has 0 saturated heterocycles. The maximum absolute atomic E-state index is 12.2. The van der Waals surface area contributed by atoms with Gasteiger partial charge in [0.1, 0.15) is 0 Å². The summed E-state index contributed by atoms with van der Waals surface area (Å²) >= 11 is 1.48. The number of nitrogens with two attached hydrogens (primary N) is 1. The Morgan fingerprint density at radius 1 is 1.50 bits per heavy atom. The van der Waals surface area contributed by atoms with Crippen LogP contribution < -0.4 is 10.5 Å². The summed E-state index contributed by atoms with van der Waals surface area (Å²) in [4.78, 5) is 8.30. The van der Waals surface area contributed by atoms with E-state index in [9.17, 15) is 8.42 Å². The Morgan fingerprint density at radius 2 is 2.14 bits per heavy atom. The van der Waals surface area contributed by atoms with Gasteiger partial charge in [0.2, 0.25) is 10.0 Å². The maximum atomic E-state index is 12.2. The third kappa shape index (κ3) is 5.07. The first-order chi connectivity index (χ1) is 9.81. The van der Waals surface area contributed by atoms with Gasteiger partial charge in [-0.2, -0.15) is 0 Å². The van der Waals surface area contributed by atoms with Crippen molar-refractivity contribution in [3.8, 4) is 0 Å². The molecule has 0 aliphatic heterocycles. The lowest BCUT2D eigenvalue weighted by Crippen LogP contribution is -2.36. The molecule has 0 aromatic carbocycles. The number of nitrogens with one attached hydrogen (secondary N) is 1. The van der Waals surface area contributed by atoms with Crippen LogP contribution in [0.3, 0.4) is 0 Å². The van der Waals surface area contributed by atoms with Gasteiger partial charge >= 0.3 is 0 Å². The monoisotopic (exact) mass is 458 g/mol. The van der Waals surface area contributed by atoms with Crippen molar-refractivity contribution in [3.05, 3.63) is 15.8 Å². The van der Waals surface area contributed by atoms with Crippen molar-refractivity contribution in [3.63, 3.8) is 0 Å². The lowest BCUT2D eigenvalue weighted by molar-refractivity contribution is 0.487. The number of sulfonamides is 1. The van der Waals surface area contributed by atoms with Crippen molar-refractivity contribution < 1.29 is 8.42 Å². The van der Waals surface area contributed by atoms with Crippen LogP contribution in [-0.2, 0) is 10.0 Å². The topological polar surface area (TPSA) is 87.8 Å². The molecule has 2 rings (SSSR count). The van der Waals surface area contributed by atoms with Gasteiger partial charge in [0.05, 0.1) is 11.4 Å². The van der Waals surface area contributed by atoms with E-state index in [1.165, 1.54) is 11.3 Å². The largest absolute Gasteiger partial charge is 0.370 e. The Bertz CT molecular complexity index is 638. The second-order valence-electron chi connectivity index (χ2n) is 5.26. The molecule has 1 fully saturated rings. The molecule has 1 heterocycles. The average molecular weight is 458 g/mol. The molecule has 6 nitrogen and oxygen atoms in total. The Balaban J connectivity index is 0.00000242. The van der Waals surface area contributed by atoms with Crippen LogP contribution in [0.25, 0.3) is 0 Å². The molecule has 9 heteroatoms. The SMILES string of the molecule is Cc1cc(S(=O)(=O)NCCN=C(N)N(C)C2CC2)c(C)s1.I. The fourth-order valence-electron chi connectivity index (χ4n) is 2.06. The molecule has 0 bridgehead atoms. The van der Waals surface area contributed by atoms with E-state index in [0.717, 1.165) is 22.6 Å². The summed E-state index contributed by atoms with van der Waals surface area (Å²) in [5.41, 5.74) is 5.85. The fourth-order valence-corrected chi connectivity index (χ4v) is 4.64. The fraction of sp³-hybridized carbons (Fsp3) is 0.615. The van der Waals surface area contributed by atoms with E-state index >= 15 is 0 Å². The van der Waals surface area contributed by atoms with Crippen LogP contribution in [0, 0.1) is 13.8 Å². The number of halogens is 1. The van der Waals surface area contributed by atoms with Crippen molar-refractivity contribution in [2.75, 3.05) is 20.1 Å². The first-order valence-electron chi connectivity index (χ1n) is 6.90. The van der Waals surface area contributed by atoms with E-state index in [-0.39, 0.29) is 30.5 Å². The molecule has 126 valence electrons. The number of hydrogen-bond acceptors (Lipinski definition) is 4. The van der Waals surface area contributed by atoms with E-state index in [4.69, 9.17) is 5.73 Å². The standard InChI is InChI=1S/C13H22N4O2S2.HI/c1-9-8-12(10(2)20-9)21(18,19)16-7-6-15-13(14)17(3)11-4-5-11;/h8,11,16H,4-7H2,1-3H3,(H2,14,15);1H. The molecule has 0 radical (unpaired) electrons. The quantitative estimate of drug-likeness (QED) is 0.294. The van der Waals surface area contributed by atoms with Crippen LogP contribution in [0.5, 0.6) is 0 Å². The molecule has 1 aromatic rings. The van der Waals surface area contributed by atoms with E-state index in [1.54, 1.807) is 6.07 Å². The van der Waals surface area contributed by atoms with E-state index in [0.29, 0.717) is 23.4 Å². The predicted molar refractivity (Wildman–Crippen MR) is 102 cm³/mol. The summed E-state index contributed by atoms with van der Waals surface area (Å²) in [7, 11) is -1.54. The lowest BCUT2D eigenvalue weighted by atomic mass is 10.4. The minimum atomic E-state index is -3.46. The molecule has 0 unspecified atom stereocenters. The molecule has 0 spiro atoms. The minimum absolute atomic E-state index is 0. The number of rotatable bonds is 6. The summed E-state index contributed by atoms with van der Waals surface area (Å²) in [5, 5.41) is 0. The van der Waals surface area contributed by atoms with Gasteiger partial charge in [0.15, 0.2) is 5.96 Å². The lowest BCUT2D eigenvalue weighted by Gasteiger charge is -2.16. The zero-order valence-electron chi connectivity index (χ0n) is 13.0. The van der Waals surface area contributed by atoms with Gasteiger partial charge < -0.3 is 10.6 Å². The highest BCUT2D eigenvalue weighted by atomic mass is 127. The molecule has 1 aliphatic carbocycles. The number of aliphatic imine (C=N–C) groups is 1. The summed E-state index contributed by atoms with van der Waals surface area (Å²) in [5.74, 6) is 0.472. The third-order valence-corrected chi connectivity index (χ3v) is 6.10. The number of hydrogen-bond donors (Lipinski definition) is 2. The Labute approximate surface area is 153 Å². The highest BCUT2D eigenvalue weighted by Gasteiger charge is 2.27. The second kappa shape index (κ2) is 7.93. The number of guanidine groups is 1. The van der Waals surface area contributed by atoms with Gasteiger partial charge in [-0.05, 0) is 32.8 Å². The summed E-state index contributed by atoms with van der Waals surface area (Å²) in [6.07, 6.45) is 2.30. The van der Waals surface area contributed by atoms with Crippen LogP contribution in [0.2, 0.25) is 0 Å². The van der Waals surface area contributed by atoms with Crippen LogP contribution in [0.1, 0.15) is 22.6 Å². The van der Waals surface area contributed by atoms with Gasteiger partial charge in [-0.1, -0.05) is 0 Å². The number of aryl methyl sites for hydroxylation is 2. The molecule has 0 atom stereocenters. The van der Waals surface area contributed by atoms with Crippen LogP contribution >= 0.6 is 35.3 Å². The first kappa shape index (κ1) is 19.7. The van der Waals surface area contributed by atoms with Gasteiger partial charge in [-0.25, -0.2) is 13.1 Å². The maximum Gasteiger partial charge on any atom is 0.241 e. The van der Waals surface area contributed by atoms with Gasteiger partial charge in [-0.15, -0.1) is 35.3 Å². The van der Waals surface area contributed by atoms with E-state index in [2.05, 4.69) is 9.71 Å². The van der Waals surface area contributed by atoms with E-state index < -0.39 is 10.0 Å². The van der Waals surface area contributed by atoms with Crippen LogP contribution in [-0.4, -0.2) is 45.5 Å². The zero-order valence-corrected chi connectivity index (χ0v) is 17.0. The van der Waals surface area contributed by atoms with Crippen molar-refractivity contribution in [1.29, 1.82) is 0 Å². The van der Waals surface area contributed by atoms with Gasteiger partial charge in [0.25, 0.3) is 0 Å². The van der Waals surface area contributed by atoms with Crippen molar-refractivity contribution >= 4 is 51.3 Å². The molecule has 22 heavy (non-hydrogen) atoms.